The second-order valence-corrected chi connectivity index (χ2v) is 8.98. The summed E-state index contributed by atoms with van der Waals surface area (Å²) in [6.45, 7) is 8.71. The molecule has 10 heteroatoms. The van der Waals surface area contributed by atoms with Crippen molar-refractivity contribution in [1.82, 2.24) is 19.6 Å². The normalized spacial score (nSPS) is 24.5. The largest absolute Gasteiger partial charge is 0.444 e. The monoisotopic (exact) mass is 411 g/mol. The molecule has 29 heavy (non-hydrogen) atoms. The molecule has 1 aromatic heterocycles. The number of carbonyl (C=O) groups is 1. The maximum Gasteiger partial charge on any atom is 0.410 e. The second-order valence-electron chi connectivity index (χ2n) is 8.98. The van der Waals surface area contributed by atoms with Gasteiger partial charge in [0.1, 0.15) is 24.2 Å². The molecule has 2 fully saturated rings. The molecule has 1 amide bonds. The average Bonchev–Trinajstić information content (AvgIpc) is 3.11. The lowest BCUT2D eigenvalue weighted by molar-refractivity contribution is -0.385. The molecule has 0 unspecified atom stereocenters. The number of rotatable bonds is 4. The Morgan fingerprint density at radius 1 is 1.31 bits per heavy atom. The standard InChI is InChI=1S/C19H30FN5O4/c1-19(2,3)29-18(26)23-8-4-14(5-9-23)11-22-7-6-17(16(20)13-22)24-12-15(10-21-24)25(27)28/h10,12,14,16-17H,4-9,11,13H2,1-3H3/t16-,17+/m0/s1. The Kier molecular flexibility index (Phi) is 6.40. The summed E-state index contributed by atoms with van der Waals surface area (Å²) in [5.41, 5.74) is -0.611. The van der Waals surface area contributed by atoms with Crippen molar-refractivity contribution < 1.29 is 18.8 Å². The molecule has 2 saturated heterocycles. The first-order valence-electron chi connectivity index (χ1n) is 10.2. The fourth-order valence-electron chi connectivity index (χ4n) is 4.01. The zero-order valence-corrected chi connectivity index (χ0v) is 17.3. The van der Waals surface area contributed by atoms with E-state index in [-0.39, 0.29) is 11.8 Å². The van der Waals surface area contributed by atoms with Crippen LogP contribution in [0.1, 0.15) is 46.1 Å². The molecular formula is C19H30FN5O4. The molecule has 0 N–H and O–H groups in total. The summed E-state index contributed by atoms with van der Waals surface area (Å²) in [6, 6.07) is -0.464. The molecule has 162 valence electrons. The number of piperidine rings is 2. The predicted molar refractivity (Wildman–Crippen MR) is 104 cm³/mol. The van der Waals surface area contributed by atoms with Gasteiger partial charge in [-0.1, -0.05) is 0 Å². The van der Waals surface area contributed by atoms with Gasteiger partial charge in [-0.15, -0.1) is 0 Å². The van der Waals surface area contributed by atoms with Crippen molar-refractivity contribution >= 4 is 11.8 Å². The highest BCUT2D eigenvalue weighted by Crippen LogP contribution is 2.28. The molecule has 3 rings (SSSR count). The van der Waals surface area contributed by atoms with E-state index in [0.29, 0.717) is 32.0 Å². The molecule has 0 aromatic carbocycles. The van der Waals surface area contributed by atoms with Crippen molar-refractivity contribution in [3.63, 3.8) is 0 Å². The molecule has 0 aliphatic carbocycles. The number of likely N-dealkylation sites (tertiary alicyclic amines) is 2. The number of amides is 1. The minimum absolute atomic E-state index is 0.114. The van der Waals surface area contributed by atoms with E-state index >= 15 is 0 Å². The fraction of sp³-hybridized carbons (Fsp3) is 0.789. The highest BCUT2D eigenvalue weighted by Gasteiger charge is 2.34. The number of nitrogens with zero attached hydrogens (tertiary/aromatic N) is 5. The van der Waals surface area contributed by atoms with E-state index in [9.17, 15) is 19.3 Å². The molecule has 1 aromatic rings. The van der Waals surface area contributed by atoms with Crippen LogP contribution in [0.15, 0.2) is 12.4 Å². The van der Waals surface area contributed by atoms with E-state index in [1.165, 1.54) is 10.9 Å². The van der Waals surface area contributed by atoms with Crippen molar-refractivity contribution in [2.45, 2.75) is 57.8 Å². The third kappa shape index (κ3) is 5.65. The molecule has 3 heterocycles. The van der Waals surface area contributed by atoms with Crippen LogP contribution in [0.2, 0.25) is 0 Å². The van der Waals surface area contributed by atoms with Gasteiger partial charge in [-0.3, -0.25) is 14.8 Å². The Morgan fingerprint density at radius 3 is 2.55 bits per heavy atom. The van der Waals surface area contributed by atoms with Crippen LogP contribution in [-0.2, 0) is 4.74 Å². The summed E-state index contributed by atoms with van der Waals surface area (Å²) in [6.07, 6.45) is 3.40. The number of ether oxygens (including phenoxy) is 1. The maximum atomic E-state index is 14.7. The van der Waals surface area contributed by atoms with Gasteiger partial charge in [0.2, 0.25) is 0 Å². The SMILES string of the molecule is CC(C)(C)OC(=O)N1CCC(CN2CC[C@@H](n3cc([N+](=O)[O-])cn3)[C@@H](F)C2)CC1. The quantitative estimate of drug-likeness (QED) is 0.558. The van der Waals surface area contributed by atoms with Crippen molar-refractivity contribution in [3.05, 3.63) is 22.5 Å². The van der Waals surface area contributed by atoms with Crippen LogP contribution >= 0.6 is 0 Å². The molecular weight excluding hydrogens is 381 g/mol. The van der Waals surface area contributed by atoms with Crippen molar-refractivity contribution in [1.29, 1.82) is 0 Å². The van der Waals surface area contributed by atoms with Gasteiger partial charge in [-0.25, -0.2) is 9.18 Å². The summed E-state index contributed by atoms with van der Waals surface area (Å²) in [7, 11) is 0. The maximum absolute atomic E-state index is 14.7. The Morgan fingerprint density at radius 2 is 2.00 bits per heavy atom. The molecule has 2 aliphatic rings. The summed E-state index contributed by atoms with van der Waals surface area (Å²) < 4.78 is 21.5. The van der Waals surface area contributed by atoms with Gasteiger partial charge in [-0.2, -0.15) is 5.10 Å². The predicted octanol–water partition coefficient (Wildman–Crippen LogP) is 3.02. The van der Waals surface area contributed by atoms with Gasteiger partial charge < -0.3 is 14.5 Å². The zero-order chi connectivity index (χ0) is 21.2. The van der Waals surface area contributed by atoms with E-state index in [1.54, 1.807) is 4.90 Å². The first-order valence-corrected chi connectivity index (χ1v) is 10.2. The fourth-order valence-corrected chi connectivity index (χ4v) is 4.01. The molecule has 9 nitrogen and oxygen atoms in total. The number of carbonyl (C=O) groups excluding carboxylic acids is 1. The average molecular weight is 411 g/mol. The van der Waals surface area contributed by atoms with Crippen molar-refractivity contribution in [2.75, 3.05) is 32.7 Å². The molecule has 0 radical (unpaired) electrons. The van der Waals surface area contributed by atoms with E-state index in [0.717, 1.165) is 32.1 Å². The zero-order valence-electron chi connectivity index (χ0n) is 17.3. The summed E-state index contributed by atoms with van der Waals surface area (Å²) in [5.74, 6) is 0.420. The Labute approximate surface area is 169 Å². The van der Waals surface area contributed by atoms with Gasteiger partial charge in [0, 0.05) is 32.7 Å². The van der Waals surface area contributed by atoms with Crippen LogP contribution in [0.3, 0.4) is 0 Å². The molecule has 0 saturated carbocycles. The van der Waals surface area contributed by atoms with Gasteiger partial charge >= 0.3 is 11.8 Å². The van der Waals surface area contributed by atoms with Crippen LogP contribution in [0.25, 0.3) is 0 Å². The number of aromatic nitrogens is 2. The van der Waals surface area contributed by atoms with Gasteiger partial charge in [0.05, 0.1) is 11.0 Å². The van der Waals surface area contributed by atoms with E-state index in [4.69, 9.17) is 4.74 Å². The lowest BCUT2D eigenvalue weighted by Gasteiger charge is -2.39. The minimum Gasteiger partial charge on any atom is -0.444 e. The molecule has 0 bridgehead atoms. The number of halogens is 1. The highest BCUT2D eigenvalue weighted by molar-refractivity contribution is 5.68. The van der Waals surface area contributed by atoms with Crippen molar-refractivity contribution in [2.24, 2.45) is 5.92 Å². The number of alkyl halides is 1. The van der Waals surface area contributed by atoms with E-state index in [2.05, 4.69) is 10.00 Å². The van der Waals surface area contributed by atoms with E-state index in [1.807, 2.05) is 20.8 Å². The van der Waals surface area contributed by atoms with Crippen LogP contribution < -0.4 is 0 Å². The van der Waals surface area contributed by atoms with Crippen LogP contribution in [-0.4, -0.2) is 75.1 Å². The summed E-state index contributed by atoms with van der Waals surface area (Å²) >= 11 is 0. The minimum atomic E-state index is -1.12. The topological polar surface area (TPSA) is 93.7 Å². The molecule has 2 aliphatic heterocycles. The number of hydrogen-bond donors (Lipinski definition) is 0. The number of hydrogen-bond acceptors (Lipinski definition) is 6. The summed E-state index contributed by atoms with van der Waals surface area (Å²) in [4.78, 5) is 26.3. The Balaban J connectivity index is 1.45. The van der Waals surface area contributed by atoms with E-state index < -0.39 is 22.7 Å². The van der Waals surface area contributed by atoms with Crippen LogP contribution in [0, 0.1) is 16.0 Å². The number of nitro groups is 1. The first-order chi connectivity index (χ1) is 13.6. The first kappa shape index (κ1) is 21.5. The highest BCUT2D eigenvalue weighted by atomic mass is 19.1. The molecule has 0 spiro atoms. The van der Waals surface area contributed by atoms with Crippen molar-refractivity contribution in [3.8, 4) is 0 Å². The van der Waals surface area contributed by atoms with Gasteiger partial charge in [0.25, 0.3) is 0 Å². The van der Waals surface area contributed by atoms with Gasteiger partial charge in [0.15, 0.2) is 0 Å². The molecule has 2 atom stereocenters. The lowest BCUT2D eigenvalue weighted by atomic mass is 9.94. The second kappa shape index (κ2) is 8.64. The Hall–Kier alpha value is -2.23. The van der Waals surface area contributed by atoms with Crippen LogP contribution in [0.4, 0.5) is 14.9 Å². The smallest absolute Gasteiger partial charge is 0.410 e. The third-order valence-electron chi connectivity index (χ3n) is 5.51. The van der Waals surface area contributed by atoms with Gasteiger partial charge in [-0.05, 0) is 46.0 Å². The Bertz CT molecular complexity index is 726. The summed E-state index contributed by atoms with van der Waals surface area (Å²) in [5, 5.41) is 14.8. The lowest BCUT2D eigenvalue weighted by Crippen LogP contribution is -2.47. The van der Waals surface area contributed by atoms with Crippen LogP contribution in [0.5, 0.6) is 0 Å². The third-order valence-corrected chi connectivity index (χ3v) is 5.51.